The van der Waals surface area contributed by atoms with Crippen molar-refractivity contribution in [3.8, 4) is 28.4 Å². The number of carbonyl (C=O) groups is 2. The topological polar surface area (TPSA) is 94.1 Å². The zero-order valence-electron chi connectivity index (χ0n) is 18.2. The molecule has 7 heteroatoms. The molecule has 1 aliphatic heterocycles. The first-order chi connectivity index (χ1) is 14.8. The van der Waals surface area contributed by atoms with Gasteiger partial charge < -0.3 is 24.6 Å². The Morgan fingerprint density at radius 3 is 2.32 bits per heavy atom. The van der Waals surface area contributed by atoms with Crippen LogP contribution in [0, 0.1) is 11.3 Å². The minimum absolute atomic E-state index is 0.0351. The Morgan fingerprint density at radius 1 is 1.03 bits per heavy atom. The molecule has 31 heavy (non-hydrogen) atoms. The number of carboxylic acids is 1. The van der Waals surface area contributed by atoms with Gasteiger partial charge in [-0.1, -0.05) is 26.0 Å². The first-order valence-electron chi connectivity index (χ1n) is 10.4. The van der Waals surface area contributed by atoms with Gasteiger partial charge in [0.1, 0.15) is 11.5 Å². The zero-order valence-corrected chi connectivity index (χ0v) is 18.2. The Kier molecular flexibility index (Phi) is 5.29. The predicted octanol–water partition coefficient (Wildman–Crippen LogP) is 3.88. The Morgan fingerprint density at radius 2 is 1.74 bits per heavy atom. The summed E-state index contributed by atoms with van der Waals surface area (Å²) in [6.07, 6.45) is 0.610. The molecule has 164 valence electrons. The van der Waals surface area contributed by atoms with E-state index in [1.807, 2.05) is 32.0 Å². The van der Waals surface area contributed by atoms with Crippen molar-refractivity contribution in [3.05, 3.63) is 41.5 Å². The summed E-state index contributed by atoms with van der Waals surface area (Å²) in [7, 11) is 3.08. The van der Waals surface area contributed by atoms with Crippen molar-refractivity contribution in [1.82, 2.24) is 5.32 Å². The van der Waals surface area contributed by atoms with E-state index in [0.717, 1.165) is 16.7 Å². The molecule has 1 amide bonds. The lowest BCUT2D eigenvalue weighted by molar-refractivity contribution is -0.148. The monoisotopic (exact) mass is 425 g/mol. The highest BCUT2D eigenvalue weighted by Gasteiger charge is 2.59. The van der Waals surface area contributed by atoms with Gasteiger partial charge >= 0.3 is 5.97 Å². The molecule has 2 aliphatic rings. The standard InChI is InChI=1S/C24H27NO6/c1-13(2)21(24(10-11-24)23(27)28)31-19-15(8-9-18(29-3)20(19)30-4)14-6-5-7-16-17(14)12-25-22(16)26/h5-9,13,21H,10-12H2,1-4H3,(H,25,26)(H,27,28). The van der Waals surface area contributed by atoms with Gasteiger partial charge in [-0.2, -0.15) is 0 Å². The van der Waals surface area contributed by atoms with Crippen molar-refractivity contribution in [1.29, 1.82) is 0 Å². The van der Waals surface area contributed by atoms with E-state index in [4.69, 9.17) is 14.2 Å². The van der Waals surface area contributed by atoms with Crippen LogP contribution in [0.15, 0.2) is 30.3 Å². The van der Waals surface area contributed by atoms with Gasteiger partial charge in [0, 0.05) is 17.7 Å². The molecule has 0 aromatic heterocycles. The average Bonchev–Trinajstić information content (AvgIpc) is 3.48. The number of nitrogens with one attached hydrogen (secondary N) is 1. The van der Waals surface area contributed by atoms with Crippen LogP contribution in [0.4, 0.5) is 0 Å². The Hall–Kier alpha value is -3.22. The number of hydrogen-bond donors (Lipinski definition) is 2. The molecular formula is C24H27NO6. The Labute approximate surface area is 181 Å². The molecule has 1 unspecified atom stereocenters. The molecular weight excluding hydrogens is 398 g/mol. The number of carbonyl (C=O) groups excluding carboxylic acids is 1. The fourth-order valence-corrected chi connectivity index (χ4v) is 4.50. The molecule has 1 aliphatic carbocycles. The van der Waals surface area contributed by atoms with E-state index in [-0.39, 0.29) is 11.8 Å². The highest BCUT2D eigenvalue weighted by Crippen LogP contribution is 2.55. The fourth-order valence-electron chi connectivity index (χ4n) is 4.50. The van der Waals surface area contributed by atoms with Crippen molar-refractivity contribution in [2.45, 2.75) is 39.3 Å². The number of aliphatic carboxylic acids is 1. The van der Waals surface area contributed by atoms with E-state index in [9.17, 15) is 14.7 Å². The summed E-state index contributed by atoms with van der Waals surface area (Å²) in [6, 6.07) is 9.22. The van der Waals surface area contributed by atoms with Crippen LogP contribution in [0.3, 0.4) is 0 Å². The van der Waals surface area contributed by atoms with E-state index in [1.165, 1.54) is 7.11 Å². The van der Waals surface area contributed by atoms with Gasteiger partial charge in [-0.25, -0.2) is 0 Å². The van der Waals surface area contributed by atoms with Crippen LogP contribution in [-0.4, -0.2) is 37.3 Å². The third-order valence-electron chi connectivity index (χ3n) is 6.25. The number of rotatable bonds is 8. The van der Waals surface area contributed by atoms with Gasteiger partial charge in [0.25, 0.3) is 5.91 Å². The lowest BCUT2D eigenvalue weighted by Crippen LogP contribution is -2.39. The lowest BCUT2D eigenvalue weighted by Gasteiger charge is -2.30. The van der Waals surface area contributed by atoms with E-state index >= 15 is 0 Å². The molecule has 7 nitrogen and oxygen atoms in total. The largest absolute Gasteiger partial charge is 0.493 e. The van der Waals surface area contributed by atoms with E-state index in [1.54, 1.807) is 19.2 Å². The quantitative estimate of drug-likeness (QED) is 0.667. The highest BCUT2D eigenvalue weighted by atomic mass is 16.5. The second kappa shape index (κ2) is 7.80. The van der Waals surface area contributed by atoms with Crippen molar-refractivity contribution in [2.24, 2.45) is 11.3 Å². The molecule has 2 N–H and O–H groups in total. The minimum atomic E-state index is -0.907. The third kappa shape index (κ3) is 3.38. The number of methoxy groups -OCH3 is 2. The Balaban J connectivity index is 1.89. The minimum Gasteiger partial charge on any atom is -0.493 e. The average molecular weight is 425 g/mol. The maximum Gasteiger partial charge on any atom is 0.313 e. The normalized spacial score (nSPS) is 17.0. The number of hydrogen-bond acceptors (Lipinski definition) is 5. The number of carboxylic acid groups (broad SMARTS) is 1. The molecule has 1 atom stereocenters. The van der Waals surface area contributed by atoms with Gasteiger partial charge in [-0.05, 0) is 48.1 Å². The fraction of sp³-hybridized carbons (Fsp3) is 0.417. The second-order valence-corrected chi connectivity index (χ2v) is 8.44. The number of amides is 1. The van der Waals surface area contributed by atoms with E-state index in [0.29, 0.717) is 42.2 Å². The summed E-state index contributed by atoms with van der Waals surface area (Å²) in [5.41, 5.74) is 2.18. The van der Waals surface area contributed by atoms with Crippen LogP contribution in [0.1, 0.15) is 42.6 Å². The van der Waals surface area contributed by atoms with Crippen molar-refractivity contribution >= 4 is 11.9 Å². The highest BCUT2D eigenvalue weighted by molar-refractivity contribution is 6.01. The van der Waals surface area contributed by atoms with Crippen molar-refractivity contribution < 1.29 is 28.9 Å². The first kappa shape index (κ1) is 21.0. The smallest absolute Gasteiger partial charge is 0.313 e. The van der Waals surface area contributed by atoms with Gasteiger partial charge in [-0.3, -0.25) is 9.59 Å². The summed E-state index contributed by atoms with van der Waals surface area (Å²) in [5, 5.41) is 12.7. The van der Waals surface area contributed by atoms with Gasteiger partial charge in [-0.15, -0.1) is 0 Å². The molecule has 0 radical (unpaired) electrons. The second-order valence-electron chi connectivity index (χ2n) is 8.44. The lowest BCUT2D eigenvalue weighted by atomic mass is 9.89. The zero-order chi connectivity index (χ0) is 22.3. The first-order valence-corrected chi connectivity index (χ1v) is 10.4. The molecule has 0 spiro atoms. The van der Waals surface area contributed by atoms with Crippen LogP contribution < -0.4 is 19.5 Å². The van der Waals surface area contributed by atoms with Gasteiger partial charge in [0.05, 0.1) is 14.2 Å². The maximum absolute atomic E-state index is 12.2. The van der Waals surface area contributed by atoms with Gasteiger partial charge in [0.2, 0.25) is 5.75 Å². The summed E-state index contributed by atoms with van der Waals surface area (Å²) in [6.45, 7) is 4.34. The number of ether oxygens (including phenoxy) is 3. The molecule has 1 fully saturated rings. The van der Waals surface area contributed by atoms with E-state index in [2.05, 4.69) is 5.32 Å². The number of benzene rings is 2. The van der Waals surface area contributed by atoms with Gasteiger partial charge in [0.15, 0.2) is 11.5 Å². The molecule has 1 heterocycles. The molecule has 2 aromatic carbocycles. The molecule has 0 bridgehead atoms. The summed E-state index contributed by atoms with van der Waals surface area (Å²) < 4.78 is 17.7. The van der Waals surface area contributed by atoms with Crippen molar-refractivity contribution in [2.75, 3.05) is 14.2 Å². The van der Waals surface area contributed by atoms with E-state index < -0.39 is 17.5 Å². The molecule has 4 rings (SSSR count). The number of fused-ring (bicyclic) bond motifs is 1. The predicted molar refractivity (Wildman–Crippen MR) is 115 cm³/mol. The van der Waals surface area contributed by atoms with Crippen LogP contribution in [0.25, 0.3) is 11.1 Å². The molecule has 2 aromatic rings. The third-order valence-corrected chi connectivity index (χ3v) is 6.25. The van der Waals surface area contributed by atoms with Crippen molar-refractivity contribution in [3.63, 3.8) is 0 Å². The SMILES string of the molecule is COc1ccc(-c2cccc3c2CNC3=O)c(OC(C(C)C)C2(C(=O)O)CC2)c1OC. The maximum atomic E-state index is 12.2. The van der Waals surface area contributed by atoms with Crippen LogP contribution >= 0.6 is 0 Å². The summed E-state index contributed by atoms with van der Waals surface area (Å²) in [5.74, 6) is 0.341. The van der Waals surface area contributed by atoms with Crippen LogP contribution in [-0.2, 0) is 11.3 Å². The van der Waals surface area contributed by atoms with Crippen LogP contribution in [0.2, 0.25) is 0 Å². The molecule has 1 saturated carbocycles. The summed E-state index contributed by atoms with van der Waals surface area (Å²) in [4.78, 5) is 24.2. The van der Waals surface area contributed by atoms with Crippen LogP contribution in [0.5, 0.6) is 17.2 Å². The Bertz CT molecular complexity index is 1040. The molecule has 0 saturated heterocycles. The summed E-state index contributed by atoms with van der Waals surface area (Å²) >= 11 is 0.